The zero-order chi connectivity index (χ0) is 23.2. The Labute approximate surface area is 191 Å². The number of benzene rings is 1. The van der Waals surface area contributed by atoms with Gasteiger partial charge in [-0.05, 0) is 24.3 Å². The number of carbonyl (C=O) groups is 2. The second kappa shape index (κ2) is 15.2. The fourth-order valence-electron chi connectivity index (χ4n) is 3.43. The highest BCUT2D eigenvalue weighted by Crippen LogP contribution is 2.22. The number of aliphatic hydroxyl groups excluding tert-OH is 1. The largest absolute Gasteiger partial charge is 0.480 e. The first-order chi connectivity index (χ1) is 14.8. The van der Waals surface area contributed by atoms with Gasteiger partial charge in [-0.2, -0.15) is 12.6 Å². The summed E-state index contributed by atoms with van der Waals surface area (Å²) >= 11 is 4.16. The van der Waals surface area contributed by atoms with Crippen LogP contribution in [0.25, 0.3) is 0 Å². The van der Waals surface area contributed by atoms with Crippen LogP contribution in [0.15, 0.2) is 30.3 Å². The molecule has 31 heavy (non-hydrogen) atoms. The summed E-state index contributed by atoms with van der Waals surface area (Å²) < 4.78 is 0. The molecule has 0 saturated carbocycles. The third-order valence-corrected chi connectivity index (χ3v) is 6.08. The Kier molecular flexibility index (Phi) is 13.5. The number of aliphatic hydroxyl groups is 1. The maximum atomic E-state index is 13.6. The SMILES string of the molecule is CC[C@H](C)CCC[C@@H](Cc1ccccc1)C(=O)N(NC[C@@H](N)CS)[C@H](CCO)C(=O)O. The van der Waals surface area contributed by atoms with E-state index in [4.69, 9.17) is 5.73 Å². The second-order valence-electron chi connectivity index (χ2n) is 8.21. The van der Waals surface area contributed by atoms with E-state index in [2.05, 4.69) is 31.9 Å². The van der Waals surface area contributed by atoms with Gasteiger partial charge in [-0.3, -0.25) is 9.80 Å². The average molecular weight is 454 g/mol. The second-order valence-corrected chi connectivity index (χ2v) is 8.58. The highest BCUT2D eigenvalue weighted by Gasteiger charge is 2.33. The molecule has 7 nitrogen and oxygen atoms in total. The van der Waals surface area contributed by atoms with Crippen molar-refractivity contribution in [3.05, 3.63) is 35.9 Å². The molecule has 0 aliphatic heterocycles. The third-order valence-electron chi connectivity index (χ3n) is 5.62. The van der Waals surface area contributed by atoms with E-state index in [1.165, 1.54) is 5.01 Å². The molecule has 5 N–H and O–H groups in total. The third kappa shape index (κ3) is 10.0. The molecule has 0 aromatic heterocycles. The number of carbonyl (C=O) groups excluding carboxylic acids is 1. The van der Waals surface area contributed by atoms with Crippen LogP contribution < -0.4 is 11.2 Å². The number of hydrogen-bond donors (Lipinski definition) is 5. The molecule has 0 unspecified atom stereocenters. The molecule has 0 saturated heterocycles. The van der Waals surface area contributed by atoms with E-state index in [9.17, 15) is 19.8 Å². The van der Waals surface area contributed by atoms with Crippen molar-refractivity contribution in [1.82, 2.24) is 10.4 Å². The molecule has 8 heteroatoms. The fourth-order valence-corrected chi connectivity index (χ4v) is 3.56. The molecule has 4 atom stereocenters. The average Bonchev–Trinajstić information content (AvgIpc) is 2.77. The van der Waals surface area contributed by atoms with E-state index in [0.717, 1.165) is 24.8 Å². The zero-order valence-corrected chi connectivity index (χ0v) is 19.6. The number of carboxylic acids is 1. The molecule has 1 aromatic carbocycles. The summed E-state index contributed by atoms with van der Waals surface area (Å²) in [6.07, 6.45) is 4.13. The maximum Gasteiger partial charge on any atom is 0.328 e. The van der Waals surface area contributed by atoms with Crippen LogP contribution >= 0.6 is 12.6 Å². The number of nitrogens with zero attached hydrogens (tertiary/aromatic N) is 1. The highest BCUT2D eigenvalue weighted by molar-refractivity contribution is 7.80. The lowest BCUT2D eigenvalue weighted by Crippen LogP contribution is -2.57. The number of hydrogen-bond acceptors (Lipinski definition) is 6. The number of aliphatic carboxylic acids is 1. The number of thiol groups is 1. The Morgan fingerprint density at radius 1 is 1.19 bits per heavy atom. The summed E-state index contributed by atoms with van der Waals surface area (Å²) in [5.74, 6) is -0.828. The molecule has 0 bridgehead atoms. The Bertz CT molecular complexity index is 647. The molecule has 1 aromatic rings. The van der Waals surface area contributed by atoms with E-state index in [-0.39, 0.29) is 37.4 Å². The summed E-state index contributed by atoms with van der Waals surface area (Å²) in [6, 6.07) is 8.25. The molecule has 0 fully saturated rings. The smallest absolute Gasteiger partial charge is 0.328 e. The summed E-state index contributed by atoms with van der Waals surface area (Å²) in [7, 11) is 0. The molecular weight excluding hydrogens is 414 g/mol. The van der Waals surface area contributed by atoms with Gasteiger partial charge in [-0.25, -0.2) is 10.2 Å². The lowest BCUT2D eigenvalue weighted by atomic mass is 9.90. The number of amides is 1. The van der Waals surface area contributed by atoms with Crippen LogP contribution in [0.4, 0.5) is 0 Å². The Morgan fingerprint density at radius 3 is 2.42 bits per heavy atom. The summed E-state index contributed by atoms with van der Waals surface area (Å²) in [5.41, 5.74) is 9.89. The van der Waals surface area contributed by atoms with Crippen molar-refractivity contribution in [2.24, 2.45) is 17.6 Å². The van der Waals surface area contributed by atoms with Gasteiger partial charge in [0.15, 0.2) is 0 Å². The minimum Gasteiger partial charge on any atom is -0.480 e. The van der Waals surface area contributed by atoms with E-state index in [1.54, 1.807) is 0 Å². The van der Waals surface area contributed by atoms with Crippen LogP contribution in [-0.4, -0.2) is 58.1 Å². The van der Waals surface area contributed by atoms with Gasteiger partial charge >= 0.3 is 5.97 Å². The highest BCUT2D eigenvalue weighted by atomic mass is 32.1. The van der Waals surface area contributed by atoms with E-state index >= 15 is 0 Å². The minimum atomic E-state index is -1.17. The van der Waals surface area contributed by atoms with Crippen molar-refractivity contribution in [1.29, 1.82) is 0 Å². The van der Waals surface area contributed by atoms with Gasteiger partial charge in [0, 0.05) is 37.3 Å². The predicted octanol–water partition coefficient (Wildman–Crippen LogP) is 2.49. The summed E-state index contributed by atoms with van der Waals surface area (Å²) in [6.45, 7) is 4.23. The minimum absolute atomic E-state index is 0.0604. The quantitative estimate of drug-likeness (QED) is 0.194. The molecule has 176 valence electrons. The lowest BCUT2D eigenvalue weighted by molar-refractivity contribution is -0.156. The number of nitrogens with one attached hydrogen (secondary N) is 1. The van der Waals surface area contributed by atoms with Crippen molar-refractivity contribution in [2.75, 3.05) is 18.9 Å². The number of nitrogens with two attached hydrogens (primary N) is 1. The van der Waals surface area contributed by atoms with Crippen molar-refractivity contribution < 1.29 is 19.8 Å². The monoisotopic (exact) mass is 453 g/mol. The van der Waals surface area contributed by atoms with Gasteiger partial charge < -0.3 is 15.9 Å². The Balaban J connectivity index is 3.10. The van der Waals surface area contributed by atoms with Crippen molar-refractivity contribution in [3.8, 4) is 0 Å². The van der Waals surface area contributed by atoms with Crippen LogP contribution in [0.1, 0.15) is 51.5 Å². The van der Waals surface area contributed by atoms with Crippen LogP contribution in [-0.2, 0) is 16.0 Å². The molecule has 0 radical (unpaired) electrons. The lowest BCUT2D eigenvalue weighted by Gasteiger charge is -2.33. The molecule has 1 amide bonds. The zero-order valence-electron chi connectivity index (χ0n) is 18.7. The Hall–Kier alpha value is -1.61. The first-order valence-electron chi connectivity index (χ1n) is 11.1. The molecular formula is C23H39N3O4S. The van der Waals surface area contributed by atoms with E-state index < -0.39 is 12.0 Å². The molecule has 0 aliphatic rings. The number of hydrazine groups is 1. The molecule has 0 heterocycles. The molecule has 0 spiro atoms. The van der Waals surface area contributed by atoms with Crippen molar-refractivity contribution in [2.45, 2.75) is 64.5 Å². The van der Waals surface area contributed by atoms with Gasteiger partial charge in [0.25, 0.3) is 0 Å². The van der Waals surface area contributed by atoms with Crippen LogP contribution in [0.3, 0.4) is 0 Å². The maximum absolute atomic E-state index is 13.6. The van der Waals surface area contributed by atoms with Gasteiger partial charge in [-0.1, -0.05) is 63.4 Å². The summed E-state index contributed by atoms with van der Waals surface area (Å²) in [4.78, 5) is 25.5. The Morgan fingerprint density at radius 2 is 1.87 bits per heavy atom. The van der Waals surface area contributed by atoms with Crippen molar-refractivity contribution in [3.63, 3.8) is 0 Å². The fraction of sp³-hybridized carbons (Fsp3) is 0.652. The van der Waals surface area contributed by atoms with Gasteiger partial charge in [-0.15, -0.1) is 0 Å². The predicted molar refractivity (Wildman–Crippen MR) is 127 cm³/mol. The van der Waals surface area contributed by atoms with Crippen molar-refractivity contribution >= 4 is 24.5 Å². The van der Waals surface area contributed by atoms with Gasteiger partial charge in [0.1, 0.15) is 6.04 Å². The summed E-state index contributed by atoms with van der Waals surface area (Å²) in [5, 5.41) is 20.3. The van der Waals surface area contributed by atoms with Gasteiger partial charge in [0.05, 0.1) is 0 Å². The van der Waals surface area contributed by atoms with E-state index in [1.807, 2.05) is 30.3 Å². The number of rotatable bonds is 16. The topological polar surface area (TPSA) is 116 Å². The van der Waals surface area contributed by atoms with E-state index in [0.29, 0.717) is 24.5 Å². The van der Waals surface area contributed by atoms with Crippen LogP contribution in [0, 0.1) is 11.8 Å². The number of carboxylic acid groups (broad SMARTS) is 1. The standard InChI is InChI=1S/C23H39N3O4S/c1-3-17(2)8-7-11-19(14-18-9-5-4-6-10-18)22(28)26(25-15-20(24)16-31)21(12-13-27)23(29)30/h4-6,9-10,17,19-21,25,27,31H,3,7-8,11-16,24H2,1-2H3,(H,29,30)/t17-,19-,20+,21+/m0/s1. The normalized spacial score (nSPS) is 15.1. The molecule has 0 aliphatic carbocycles. The first-order valence-corrected chi connectivity index (χ1v) is 11.8. The van der Waals surface area contributed by atoms with Gasteiger partial charge in [0.2, 0.25) is 5.91 Å². The first kappa shape index (κ1) is 27.4. The van der Waals surface area contributed by atoms with Crippen LogP contribution in [0.5, 0.6) is 0 Å². The van der Waals surface area contributed by atoms with Crippen LogP contribution in [0.2, 0.25) is 0 Å². The molecule has 1 rings (SSSR count).